The van der Waals surface area contributed by atoms with Gasteiger partial charge in [0.1, 0.15) is 5.82 Å². The minimum Gasteiger partial charge on any atom is -0.378 e. The zero-order valence-corrected chi connectivity index (χ0v) is 11.6. The second-order valence-corrected chi connectivity index (χ2v) is 4.92. The van der Waals surface area contributed by atoms with Crippen molar-refractivity contribution in [2.75, 3.05) is 5.32 Å². The van der Waals surface area contributed by atoms with Crippen LogP contribution < -0.4 is 5.32 Å². The lowest BCUT2D eigenvalue weighted by Gasteiger charge is -2.20. The molecule has 1 atom stereocenters. The molecule has 1 nitrogen and oxygen atoms in total. The first-order valence-corrected chi connectivity index (χ1v) is 6.48. The van der Waals surface area contributed by atoms with Gasteiger partial charge < -0.3 is 5.32 Å². The van der Waals surface area contributed by atoms with Gasteiger partial charge in [0.15, 0.2) is 0 Å². The van der Waals surface area contributed by atoms with E-state index in [1.165, 1.54) is 24.3 Å². The highest BCUT2D eigenvalue weighted by molar-refractivity contribution is 5.54. The molecule has 0 saturated carbocycles. The van der Waals surface area contributed by atoms with E-state index in [9.17, 15) is 17.6 Å². The Kier molecular flexibility index (Phi) is 4.21. The topological polar surface area (TPSA) is 12.0 Å². The van der Waals surface area contributed by atoms with E-state index in [4.69, 9.17) is 0 Å². The summed E-state index contributed by atoms with van der Waals surface area (Å²) in [7, 11) is 0. The molecule has 0 amide bonds. The molecule has 2 aromatic rings. The Morgan fingerprint density at radius 1 is 1.05 bits per heavy atom. The lowest BCUT2D eigenvalue weighted by atomic mass is 10.0. The molecule has 0 radical (unpaired) electrons. The first-order chi connectivity index (χ1) is 9.79. The van der Waals surface area contributed by atoms with Gasteiger partial charge in [-0.3, -0.25) is 0 Å². The molecule has 2 aromatic carbocycles. The van der Waals surface area contributed by atoms with Gasteiger partial charge in [-0.2, -0.15) is 13.2 Å². The number of benzene rings is 2. The van der Waals surface area contributed by atoms with Crippen molar-refractivity contribution in [3.8, 4) is 0 Å². The van der Waals surface area contributed by atoms with Gasteiger partial charge >= 0.3 is 6.18 Å². The van der Waals surface area contributed by atoms with Crippen LogP contribution in [-0.4, -0.2) is 0 Å². The van der Waals surface area contributed by atoms with Gasteiger partial charge in [-0.1, -0.05) is 24.3 Å². The summed E-state index contributed by atoms with van der Waals surface area (Å²) in [5.74, 6) is -0.370. The normalized spacial score (nSPS) is 13.0. The molecule has 1 N–H and O–H groups in total. The Balaban J connectivity index is 2.27. The Hall–Kier alpha value is -2.04. The molecule has 1 unspecified atom stereocenters. The molecule has 0 heterocycles. The van der Waals surface area contributed by atoms with E-state index >= 15 is 0 Å². The van der Waals surface area contributed by atoms with Crippen LogP contribution in [0, 0.1) is 12.7 Å². The summed E-state index contributed by atoms with van der Waals surface area (Å²) in [6, 6.07) is 9.45. The molecule has 0 fully saturated rings. The maximum Gasteiger partial charge on any atom is 0.418 e. The van der Waals surface area contributed by atoms with E-state index in [1.54, 1.807) is 26.0 Å². The van der Waals surface area contributed by atoms with E-state index in [-0.39, 0.29) is 11.5 Å². The number of rotatable bonds is 3. The summed E-state index contributed by atoms with van der Waals surface area (Å²) in [5, 5.41) is 2.79. The van der Waals surface area contributed by atoms with Crippen molar-refractivity contribution in [2.24, 2.45) is 0 Å². The lowest BCUT2D eigenvalue weighted by molar-refractivity contribution is -0.137. The molecule has 0 aliphatic carbocycles. The highest BCUT2D eigenvalue weighted by Crippen LogP contribution is 2.36. The largest absolute Gasteiger partial charge is 0.418 e. The van der Waals surface area contributed by atoms with Crippen molar-refractivity contribution in [1.82, 2.24) is 0 Å². The maximum atomic E-state index is 13.5. The number of aryl methyl sites for hydroxylation is 1. The monoisotopic (exact) mass is 297 g/mol. The van der Waals surface area contributed by atoms with Crippen molar-refractivity contribution < 1.29 is 17.6 Å². The minimum atomic E-state index is -4.43. The molecule has 0 saturated heterocycles. The molecule has 21 heavy (non-hydrogen) atoms. The number of nitrogens with one attached hydrogen (secondary N) is 1. The maximum absolute atomic E-state index is 13.5. The van der Waals surface area contributed by atoms with Crippen molar-refractivity contribution in [2.45, 2.75) is 26.1 Å². The molecular formula is C16H15F4N. The van der Waals surface area contributed by atoms with Crippen molar-refractivity contribution >= 4 is 5.69 Å². The SMILES string of the molecule is Cc1ccc(C(C)Nc2ccccc2C(F)(F)F)cc1F. The van der Waals surface area contributed by atoms with Crippen molar-refractivity contribution in [3.63, 3.8) is 0 Å². The van der Waals surface area contributed by atoms with E-state index < -0.39 is 17.8 Å². The molecule has 112 valence electrons. The van der Waals surface area contributed by atoms with Crippen molar-refractivity contribution in [3.05, 3.63) is 65.0 Å². The van der Waals surface area contributed by atoms with Crippen LogP contribution in [0.5, 0.6) is 0 Å². The fourth-order valence-electron chi connectivity index (χ4n) is 2.05. The second-order valence-electron chi connectivity index (χ2n) is 4.92. The smallest absolute Gasteiger partial charge is 0.378 e. The third-order valence-electron chi connectivity index (χ3n) is 3.30. The highest BCUT2D eigenvalue weighted by atomic mass is 19.4. The quantitative estimate of drug-likeness (QED) is 0.755. The molecule has 0 bridgehead atoms. The first kappa shape index (κ1) is 15.4. The van der Waals surface area contributed by atoms with Crippen LogP contribution >= 0.6 is 0 Å². The zero-order valence-electron chi connectivity index (χ0n) is 11.6. The number of halogens is 4. The summed E-state index contributed by atoms with van der Waals surface area (Å²) >= 11 is 0. The van der Waals surface area contributed by atoms with Crippen LogP contribution in [-0.2, 0) is 6.18 Å². The standard InChI is InChI=1S/C16H15F4N/c1-10-7-8-12(9-14(10)17)11(2)21-15-6-4-3-5-13(15)16(18,19)20/h3-9,11,21H,1-2H3. The Morgan fingerprint density at radius 2 is 1.71 bits per heavy atom. The van der Waals surface area contributed by atoms with Gasteiger partial charge in [-0.15, -0.1) is 0 Å². The molecule has 0 aliphatic rings. The van der Waals surface area contributed by atoms with Gasteiger partial charge in [0, 0.05) is 11.7 Å². The number of anilines is 1. The Morgan fingerprint density at radius 3 is 2.33 bits per heavy atom. The summed E-state index contributed by atoms with van der Waals surface area (Å²) in [6.07, 6.45) is -4.43. The predicted octanol–water partition coefficient (Wildman–Crippen LogP) is 5.33. The first-order valence-electron chi connectivity index (χ1n) is 6.48. The summed E-state index contributed by atoms with van der Waals surface area (Å²) in [6.45, 7) is 3.33. The Bertz CT molecular complexity index is 634. The number of para-hydroxylation sites is 1. The van der Waals surface area contributed by atoms with E-state index in [1.807, 2.05) is 0 Å². The van der Waals surface area contributed by atoms with Crippen LogP contribution in [0.4, 0.5) is 23.2 Å². The van der Waals surface area contributed by atoms with Crippen LogP contribution in [0.25, 0.3) is 0 Å². The number of alkyl halides is 3. The van der Waals surface area contributed by atoms with Crippen LogP contribution in [0.3, 0.4) is 0 Å². The van der Waals surface area contributed by atoms with Gasteiger partial charge in [0.2, 0.25) is 0 Å². The van der Waals surface area contributed by atoms with E-state index in [2.05, 4.69) is 5.32 Å². The highest BCUT2D eigenvalue weighted by Gasteiger charge is 2.33. The third kappa shape index (κ3) is 3.54. The molecular weight excluding hydrogens is 282 g/mol. The molecule has 2 rings (SSSR count). The van der Waals surface area contributed by atoms with E-state index in [0.29, 0.717) is 11.1 Å². The molecule has 0 aliphatic heterocycles. The van der Waals surface area contributed by atoms with Gasteiger partial charge in [0.25, 0.3) is 0 Å². The van der Waals surface area contributed by atoms with Crippen LogP contribution in [0.15, 0.2) is 42.5 Å². The van der Waals surface area contributed by atoms with Gasteiger partial charge in [0.05, 0.1) is 5.56 Å². The molecule has 0 spiro atoms. The average molecular weight is 297 g/mol. The lowest BCUT2D eigenvalue weighted by Crippen LogP contribution is -2.13. The van der Waals surface area contributed by atoms with E-state index in [0.717, 1.165) is 6.07 Å². The predicted molar refractivity (Wildman–Crippen MR) is 74.6 cm³/mol. The number of hydrogen-bond donors (Lipinski definition) is 1. The summed E-state index contributed by atoms with van der Waals surface area (Å²) in [5.41, 5.74) is 0.347. The fourth-order valence-corrected chi connectivity index (χ4v) is 2.05. The summed E-state index contributed by atoms with van der Waals surface area (Å²) < 4.78 is 52.3. The summed E-state index contributed by atoms with van der Waals surface area (Å²) in [4.78, 5) is 0. The third-order valence-corrected chi connectivity index (χ3v) is 3.30. The average Bonchev–Trinajstić information content (AvgIpc) is 2.41. The van der Waals surface area contributed by atoms with Crippen molar-refractivity contribution in [1.29, 1.82) is 0 Å². The zero-order chi connectivity index (χ0) is 15.6. The molecule has 5 heteroatoms. The Labute approximate surface area is 120 Å². The number of hydrogen-bond acceptors (Lipinski definition) is 1. The van der Waals surface area contributed by atoms with Crippen LogP contribution in [0.2, 0.25) is 0 Å². The van der Waals surface area contributed by atoms with Gasteiger partial charge in [-0.05, 0) is 43.2 Å². The molecule has 0 aromatic heterocycles. The van der Waals surface area contributed by atoms with Crippen LogP contribution in [0.1, 0.15) is 29.7 Å². The fraction of sp³-hybridized carbons (Fsp3) is 0.250. The second kappa shape index (κ2) is 5.76. The minimum absolute atomic E-state index is 0.0153. The van der Waals surface area contributed by atoms with Gasteiger partial charge in [-0.25, -0.2) is 4.39 Å².